The van der Waals surface area contributed by atoms with E-state index < -0.39 is 10.0 Å². The topological polar surface area (TPSA) is 123 Å². The molecule has 0 unspecified atom stereocenters. The summed E-state index contributed by atoms with van der Waals surface area (Å²) in [7, 11) is -3.65. The number of hydrogen-bond acceptors (Lipinski definition) is 7. The van der Waals surface area contributed by atoms with Crippen LogP contribution in [0.2, 0.25) is 0 Å². The van der Waals surface area contributed by atoms with E-state index in [1.807, 2.05) is 0 Å². The van der Waals surface area contributed by atoms with Gasteiger partial charge in [0.15, 0.2) is 0 Å². The van der Waals surface area contributed by atoms with Crippen LogP contribution in [0.1, 0.15) is 17.0 Å². The van der Waals surface area contributed by atoms with Crippen LogP contribution in [0.4, 0.5) is 5.82 Å². The highest BCUT2D eigenvalue weighted by Gasteiger charge is 2.17. The number of pyridine rings is 1. The van der Waals surface area contributed by atoms with Gasteiger partial charge in [0.05, 0.1) is 5.69 Å². The fourth-order valence-electron chi connectivity index (χ4n) is 1.63. The third kappa shape index (κ3) is 2.95. The van der Waals surface area contributed by atoms with Crippen molar-refractivity contribution in [1.82, 2.24) is 14.9 Å². The number of nitrogens with one attached hydrogen (secondary N) is 2. The Hall–Kier alpha value is -1.97. The van der Waals surface area contributed by atoms with E-state index in [2.05, 4.69) is 20.3 Å². The zero-order valence-corrected chi connectivity index (χ0v) is 11.9. The Morgan fingerprint density at radius 3 is 2.60 bits per heavy atom. The summed E-state index contributed by atoms with van der Waals surface area (Å²) in [6.07, 6.45) is 1.23. The second-order valence-corrected chi connectivity index (χ2v) is 5.92. The van der Waals surface area contributed by atoms with Crippen molar-refractivity contribution in [3.63, 3.8) is 0 Å². The molecule has 0 bridgehead atoms. The van der Waals surface area contributed by atoms with Crippen LogP contribution in [0.15, 0.2) is 27.7 Å². The standard InChI is InChI=1S/C11H15N5O3S/c1-7-10(8(2)19-16-7)6-14-20(17,18)9-3-4-11(15-12)13-5-9/h3-5,14H,6,12H2,1-2H3,(H,13,15). The van der Waals surface area contributed by atoms with Crippen LogP contribution in [0.5, 0.6) is 0 Å². The molecule has 20 heavy (non-hydrogen) atoms. The first-order valence-electron chi connectivity index (χ1n) is 5.78. The Balaban J connectivity index is 2.15. The first-order chi connectivity index (χ1) is 9.44. The second kappa shape index (κ2) is 5.57. The molecule has 0 spiro atoms. The predicted octanol–water partition coefficient (Wildman–Crippen LogP) is 0.451. The number of sulfonamides is 1. The molecule has 0 aliphatic carbocycles. The van der Waals surface area contributed by atoms with Crippen LogP contribution in [-0.2, 0) is 16.6 Å². The van der Waals surface area contributed by atoms with Gasteiger partial charge in [0.2, 0.25) is 10.0 Å². The number of hydrazine groups is 1. The normalized spacial score (nSPS) is 11.6. The third-order valence-corrected chi connectivity index (χ3v) is 4.20. The summed E-state index contributed by atoms with van der Waals surface area (Å²) in [5, 5.41) is 3.77. The van der Waals surface area contributed by atoms with Gasteiger partial charge in [-0.3, -0.25) is 0 Å². The van der Waals surface area contributed by atoms with Crippen molar-refractivity contribution in [2.75, 3.05) is 5.43 Å². The summed E-state index contributed by atoms with van der Waals surface area (Å²) >= 11 is 0. The molecule has 0 aliphatic heterocycles. The minimum atomic E-state index is -3.65. The molecule has 2 aromatic rings. The van der Waals surface area contributed by atoms with Gasteiger partial charge in [-0.1, -0.05) is 5.16 Å². The maximum atomic E-state index is 12.1. The number of anilines is 1. The maximum Gasteiger partial charge on any atom is 0.242 e. The first kappa shape index (κ1) is 14.4. The minimum absolute atomic E-state index is 0.0586. The van der Waals surface area contributed by atoms with Gasteiger partial charge in [0.25, 0.3) is 0 Å². The largest absolute Gasteiger partial charge is 0.361 e. The van der Waals surface area contributed by atoms with E-state index in [0.29, 0.717) is 17.3 Å². The van der Waals surface area contributed by atoms with Gasteiger partial charge in [-0.15, -0.1) is 0 Å². The first-order valence-corrected chi connectivity index (χ1v) is 7.26. The second-order valence-electron chi connectivity index (χ2n) is 4.15. The highest BCUT2D eigenvalue weighted by atomic mass is 32.2. The monoisotopic (exact) mass is 297 g/mol. The van der Waals surface area contributed by atoms with E-state index in [1.165, 1.54) is 18.3 Å². The van der Waals surface area contributed by atoms with Crippen molar-refractivity contribution in [3.05, 3.63) is 35.3 Å². The van der Waals surface area contributed by atoms with Gasteiger partial charge in [0.1, 0.15) is 16.5 Å². The molecule has 0 atom stereocenters. The molecule has 108 valence electrons. The van der Waals surface area contributed by atoms with Crippen molar-refractivity contribution in [2.24, 2.45) is 5.84 Å². The molecular formula is C11H15N5O3S. The Morgan fingerprint density at radius 1 is 1.35 bits per heavy atom. The average Bonchev–Trinajstić information content (AvgIpc) is 2.76. The van der Waals surface area contributed by atoms with Crippen molar-refractivity contribution in [3.8, 4) is 0 Å². The van der Waals surface area contributed by atoms with E-state index in [9.17, 15) is 8.42 Å². The number of hydrogen-bond donors (Lipinski definition) is 3. The fourth-order valence-corrected chi connectivity index (χ4v) is 2.57. The summed E-state index contributed by atoms with van der Waals surface area (Å²) < 4.78 is 31.6. The molecule has 0 fully saturated rings. The molecule has 0 saturated heterocycles. The average molecular weight is 297 g/mol. The van der Waals surface area contributed by atoms with Crippen molar-refractivity contribution >= 4 is 15.8 Å². The van der Waals surface area contributed by atoms with Gasteiger partial charge in [-0.2, -0.15) is 0 Å². The smallest absolute Gasteiger partial charge is 0.242 e. The lowest BCUT2D eigenvalue weighted by Gasteiger charge is -2.07. The van der Waals surface area contributed by atoms with E-state index in [0.717, 1.165) is 5.56 Å². The third-order valence-electron chi connectivity index (χ3n) is 2.81. The summed E-state index contributed by atoms with van der Waals surface area (Å²) in [4.78, 5) is 3.92. The number of aryl methyl sites for hydroxylation is 2. The lowest BCUT2D eigenvalue weighted by Crippen LogP contribution is -2.24. The quantitative estimate of drug-likeness (QED) is 0.540. The van der Waals surface area contributed by atoms with E-state index in [-0.39, 0.29) is 11.4 Å². The fraction of sp³-hybridized carbons (Fsp3) is 0.273. The van der Waals surface area contributed by atoms with E-state index >= 15 is 0 Å². The molecule has 2 heterocycles. The number of nitrogens with two attached hydrogens (primary N) is 1. The Bertz CT molecular complexity index is 674. The maximum absolute atomic E-state index is 12.1. The Morgan fingerprint density at radius 2 is 2.10 bits per heavy atom. The number of nitrogen functional groups attached to an aromatic ring is 1. The van der Waals surface area contributed by atoms with Crippen LogP contribution in [-0.4, -0.2) is 18.6 Å². The summed E-state index contributed by atoms with van der Waals surface area (Å²) in [6.45, 7) is 3.59. The number of nitrogens with zero attached hydrogens (tertiary/aromatic N) is 2. The van der Waals surface area contributed by atoms with Crippen LogP contribution >= 0.6 is 0 Å². The van der Waals surface area contributed by atoms with Crippen molar-refractivity contribution in [1.29, 1.82) is 0 Å². The SMILES string of the molecule is Cc1noc(C)c1CNS(=O)(=O)c1ccc(NN)nc1. The lowest BCUT2D eigenvalue weighted by molar-refractivity contribution is 0.392. The van der Waals surface area contributed by atoms with Gasteiger partial charge in [-0.05, 0) is 26.0 Å². The molecule has 2 rings (SSSR count). The molecule has 4 N–H and O–H groups in total. The van der Waals surface area contributed by atoms with Gasteiger partial charge < -0.3 is 9.95 Å². The minimum Gasteiger partial charge on any atom is -0.361 e. The highest BCUT2D eigenvalue weighted by Crippen LogP contribution is 2.14. The lowest BCUT2D eigenvalue weighted by atomic mass is 10.2. The predicted molar refractivity (Wildman–Crippen MR) is 72.0 cm³/mol. The molecule has 8 nitrogen and oxygen atoms in total. The molecule has 2 aromatic heterocycles. The molecular weight excluding hydrogens is 282 g/mol. The molecule has 0 amide bonds. The van der Waals surface area contributed by atoms with E-state index in [4.69, 9.17) is 10.4 Å². The summed E-state index contributed by atoms with van der Waals surface area (Å²) in [6, 6.07) is 2.89. The van der Waals surface area contributed by atoms with Gasteiger partial charge >= 0.3 is 0 Å². The molecule has 0 radical (unpaired) electrons. The van der Waals surface area contributed by atoms with Gasteiger partial charge in [0, 0.05) is 18.3 Å². The van der Waals surface area contributed by atoms with Crippen molar-refractivity contribution < 1.29 is 12.9 Å². The van der Waals surface area contributed by atoms with E-state index in [1.54, 1.807) is 13.8 Å². The molecule has 9 heteroatoms. The number of aromatic nitrogens is 2. The van der Waals surface area contributed by atoms with Crippen LogP contribution in [0.25, 0.3) is 0 Å². The van der Waals surface area contributed by atoms with Crippen LogP contribution in [0, 0.1) is 13.8 Å². The van der Waals surface area contributed by atoms with Gasteiger partial charge in [-0.25, -0.2) is 24.0 Å². The molecule has 0 aromatic carbocycles. The zero-order chi connectivity index (χ0) is 14.8. The molecule has 0 saturated carbocycles. The Kier molecular flexibility index (Phi) is 4.02. The zero-order valence-electron chi connectivity index (χ0n) is 11.0. The van der Waals surface area contributed by atoms with Crippen LogP contribution in [0.3, 0.4) is 0 Å². The van der Waals surface area contributed by atoms with Crippen molar-refractivity contribution in [2.45, 2.75) is 25.3 Å². The number of rotatable bonds is 5. The summed E-state index contributed by atoms with van der Waals surface area (Å²) in [5.41, 5.74) is 3.71. The summed E-state index contributed by atoms with van der Waals surface area (Å²) in [5.74, 6) is 6.14. The molecule has 0 aliphatic rings. The van der Waals surface area contributed by atoms with Crippen LogP contribution < -0.4 is 16.0 Å². The Labute approximate surface area is 116 Å². The highest BCUT2D eigenvalue weighted by molar-refractivity contribution is 7.89.